The molecule has 1 atom stereocenters. The molecular formula is C22H29F3N6O3. The minimum Gasteiger partial charge on any atom is -0.444 e. The lowest BCUT2D eigenvalue weighted by Crippen LogP contribution is -2.49. The van der Waals surface area contributed by atoms with E-state index in [1.54, 1.807) is 35.9 Å². The Morgan fingerprint density at radius 2 is 1.76 bits per heavy atom. The van der Waals surface area contributed by atoms with E-state index >= 15 is 0 Å². The highest BCUT2D eigenvalue weighted by atomic mass is 19.4. The van der Waals surface area contributed by atoms with Gasteiger partial charge in [0.2, 0.25) is 5.95 Å². The second-order valence-corrected chi connectivity index (χ2v) is 9.14. The molecule has 186 valence electrons. The van der Waals surface area contributed by atoms with Crippen LogP contribution in [0.3, 0.4) is 0 Å². The highest BCUT2D eigenvalue weighted by molar-refractivity contribution is 5.94. The number of ether oxygens (including phenoxy) is 1. The predicted octanol–water partition coefficient (Wildman–Crippen LogP) is 3.16. The van der Waals surface area contributed by atoms with E-state index in [0.29, 0.717) is 44.7 Å². The molecule has 2 aromatic heterocycles. The van der Waals surface area contributed by atoms with Crippen molar-refractivity contribution in [3.8, 4) is 0 Å². The second kappa shape index (κ2) is 9.90. The predicted molar refractivity (Wildman–Crippen MR) is 118 cm³/mol. The van der Waals surface area contributed by atoms with Crippen LogP contribution in [0.2, 0.25) is 0 Å². The van der Waals surface area contributed by atoms with Gasteiger partial charge in [-0.15, -0.1) is 0 Å². The average Bonchev–Trinajstić information content (AvgIpc) is 3.19. The molecule has 0 radical (unpaired) electrons. The van der Waals surface area contributed by atoms with Gasteiger partial charge in [0, 0.05) is 57.5 Å². The quantitative estimate of drug-likeness (QED) is 0.650. The SMILES string of the molecule is C[C@H](Cn1ccc(C(=O)N2CCN(c3ncc(C(F)(F)F)cn3)CC2)c1)CC(C)(C)OC(N)=O. The molecule has 0 spiro atoms. The number of piperazine rings is 1. The van der Waals surface area contributed by atoms with Crippen molar-refractivity contribution in [1.29, 1.82) is 0 Å². The summed E-state index contributed by atoms with van der Waals surface area (Å²) in [5, 5.41) is 0. The van der Waals surface area contributed by atoms with E-state index in [2.05, 4.69) is 9.97 Å². The summed E-state index contributed by atoms with van der Waals surface area (Å²) in [5.74, 6) is 0.261. The molecule has 0 bridgehead atoms. The van der Waals surface area contributed by atoms with Gasteiger partial charge in [0.15, 0.2) is 0 Å². The molecule has 2 aromatic rings. The number of amides is 2. The summed E-state index contributed by atoms with van der Waals surface area (Å²) in [7, 11) is 0. The van der Waals surface area contributed by atoms with Crippen LogP contribution in [-0.2, 0) is 17.5 Å². The molecule has 1 aliphatic rings. The third-order valence-corrected chi connectivity index (χ3v) is 5.55. The number of carbonyl (C=O) groups excluding carboxylic acids is 2. The lowest BCUT2D eigenvalue weighted by Gasteiger charge is -2.34. The van der Waals surface area contributed by atoms with Crippen LogP contribution in [0.5, 0.6) is 0 Å². The van der Waals surface area contributed by atoms with Crippen LogP contribution in [0.15, 0.2) is 30.9 Å². The number of nitrogens with zero attached hydrogens (tertiary/aromatic N) is 5. The van der Waals surface area contributed by atoms with Crippen LogP contribution in [-0.4, -0.2) is 63.2 Å². The van der Waals surface area contributed by atoms with Crippen LogP contribution in [0.4, 0.5) is 23.9 Å². The first-order valence-electron chi connectivity index (χ1n) is 10.9. The molecule has 12 heteroatoms. The van der Waals surface area contributed by atoms with Crippen molar-refractivity contribution in [3.05, 3.63) is 42.0 Å². The van der Waals surface area contributed by atoms with Crippen molar-refractivity contribution in [2.45, 2.75) is 45.5 Å². The minimum absolute atomic E-state index is 0.114. The van der Waals surface area contributed by atoms with Gasteiger partial charge in [0.25, 0.3) is 5.91 Å². The first-order valence-corrected chi connectivity index (χ1v) is 10.9. The summed E-state index contributed by atoms with van der Waals surface area (Å²) in [6.07, 6.45) is 0.465. The Bertz CT molecular complexity index is 998. The van der Waals surface area contributed by atoms with E-state index in [1.165, 1.54) is 0 Å². The van der Waals surface area contributed by atoms with Crippen LogP contribution < -0.4 is 10.6 Å². The van der Waals surface area contributed by atoms with E-state index in [9.17, 15) is 22.8 Å². The number of alkyl halides is 3. The number of halogens is 3. The first kappa shape index (κ1) is 25.3. The smallest absolute Gasteiger partial charge is 0.419 e. The maximum absolute atomic E-state index is 12.9. The van der Waals surface area contributed by atoms with Gasteiger partial charge in [0.1, 0.15) is 5.60 Å². The van der Waals surface area contributed by atoms with Crippen LogP contribution in [0, 0.1) is 5.92 Å². The second-order valence-electron chi connectivity index (χ2n) is 9.14. The summed E-state index contributed by atoms with van der Waals surface area (Å²) in [5.41, 5.74) is 4.09. The molecule has 0 saturated carbocycles. The Kier molecular flexibility index (Phi) is 7.37. The maximum atomic E-state index is 12.9. The van der Waals surface area contributed by atoms with E-state index in [-0.39, 0.29) is 17.8 Å². The number of primary amides is 1. The summed E-state index contributed by atoms with van der Waals surface area (Å²) >= 11 is 0. The van der Waals surface area contributed by atoms with E-state index in [0.717, 1.165) is 12.4 Å². The number of hydrogen-bond donors (Lipinski definition) is 1. The molecule has 3 rings (SSSR count). The molecule has 2 amide bonds. The van der Waals surface area contributed by atoms with Crippen LogP contribution in [0.1, 0.15) is 43.1 Å². The average molecular weight is 483 g/mol. The van der Waals surface area contributed by atoms with Gasteiger partial charge in [-0.2, -0.15) is 13.2 Å². The van der Waals surface area contributed by atoms with Gasteiger partial charge in [-0.1, -0.05) is 6.92 Å². The van der Waals surface area contributed by atoms with Gasteiger partial charge < -0.3 is 24.8 Å². The lowest BCUT2D eigenvalue weighted by atomic mass is 9.94. The molecule has 1 saturated heterocycles. The summed E-state index contributed by atoms with van der Waals surface area (Å²) in [6, 6.07) is 1.76. The largest absolute Gasteiger partial charge is 0.444 e. The fourth-order valence-electron chi connectivity index (χ4n) is 4.18. The van der Waals surface area contributed by atoms with Crippen molar-refractivity contribution in [2.75, 3.05) is 31.1 Å². The molecule has 1 fully saturated rings. The normalized spacial score (nSPS) is 15.8. The molecule has 9 nitrogen and oxygen atoms in total. The Hall–Kier alpha value is -3.31. The van der Waals surface area contributed by atoms with E-state index in [1.807, 2.05) is 17.7 Å². The molecule has 3 heterocycles. The summed E-state index contributed by atoms with van der Waals surface area (Å²) in [4.78, 5) is 35.1. The number of nitrogens with two attached hydrogens (primary N) is 1. The Morgan fingerprint density at radius 1 is 1.15 bits per heavy atom. The van der Waals surface area contributed by atoms with Gasteiger partial charge in [-0.3, -0.25) is 4.79 Å². The fourth-order valence-corrected chi connectivity index (χ4v) is 4.18. The lowest BCUT2D eigenvalue weighted by molar-refractivity contribution is -0.138. The molecule has 34 heavy (non-hydrogen) atoms. The number of carbonyl (C=O) groups is 2. The zero-order valence-electron chi connectivity index (χ0n) is 19.4. The fraction of sp³-hybridized carbons (Fsp3) is 0.545. The highest BCUT2D eigenvalue weighted by Gasteiger charge is 2.32. The highest BCUT2D eigenvalue weighted by Crippen LogP contribution is 2.28. The monoisotopic (exact) mass is 482 g/mol. The van der Waals surface area contributed by atoms with E-state index in [4.69, 9.17) is 10.5 Å². The summed E-state index contributed by atoms with van der Waals surface area (Å²) in [6.45, 7) is 7.91. The minimum atomic E-state index is -4.48. The molecule has 0 aromatic carbocycles. The molecule has 1 aliphatic heterocycles. The zero-order chi connectivity index (χ0) is 25.1. The number of hydrogen-bond acceptors (Lipinski definition) is 6. The number of anilines is 1. The molecule has 2 N–H and O–H groups in total. The maximum Gasteiger partial charge on any atom is 0.419 e. The Labute approximate surface area is 195 Å². The van der Waals surface area contributed by atoms with Gasteiger partial charge in [0.05, 0.1) is 11.1 Å². The van der Waals surface area contributed by atoms with Crippen LogP contribution in [0.25, 0.3) is 0 Å². The van der Waals surface area contributed by atoms with Crippen molar-refractivity contribution in [1.82, 2.24) is 19.4 Å². The molecule has 0 unspecified atom stereocenters. The van der Waals surface area contributed by atoms with Crippen LogP contribution >= 0.6 is 0 Å². The standard InChI is InChI=1S/C22H29F3N6O3/c1-15(10-21(2,3)34-19(26)33)13-29-5-4-16(14-29)18(32)30-6-8-31(9-7-30)20-27-11-17(12-28-20)22(23,24)25/h4-5,11-12,14-15H,6-10,13H2,1-3H3,(H2,26,33)/t15-/m0/s1. The zero-order valence-corrected chi connectivity index (χ0v) is 19.4. The Morgan fingerprint density at radius 3 is 2.32 bits per heavy atom. The first-order chi connectivity index (χ1) is 15.8. The van der Waals surface area contributed by atoms with Crippen molar-refractivity contribution < 1.29 is 27.5 Å². The topological polar surface area (TPSA) is 107 Å². The third kappa shape index (κ3) is 6.61. The Balaban J connectivity index is 1.52. The van der Waals surface area contributed by atoms with Crippen molar-refractivity contribution >= 4 is 17.9 Å². The third-order valence-electron chi connectivity index (χ3n) is 5.55. The number of rotatable bonds is 7. The number of aromatic nitrogens is 3. The van der Waals surface area contributed by atoms with Gasteiger partial charge >= 0.3 is 12.3 Å². The summed E-state index contributed by atoms with van der Waals surface area (Å²) < 4.78 is 45.1. The van der Waals surface area contributed by atoms with Gasteiger partial charge in [-0.25, -0.2) is 14.8 Å². The van der Waals surface area contributed by atoms with Crippen molar-refractivity contribution in [2.24, 2.45) is 11.7 Å². The van der Waals surface area contributed by atoms with Gasteiger partial charge in [-0.05, 0) is 32.3 Å². The molecular weight excluding hydrogens is 453 g/mol. The molecule has 0 aliphatic carbocycles. The van der Waals surface area contributed by atoms with Crippen molar-refractivity contribution in [3.63, 3.8) is 0 Å². The van der Waals surface area contributed by atoms with E-state index < -0.39 is 23.4 Å².